The van der Waals surface area contributed by atoms with Crippen molar-refractivity contribution in [3.63, 3.8) is 0 Å². The highest BCUT2D eigenvalue weighted by Gasteiger charge is 2.53. The van der Waals surface area contributed by atoms with Gasteiger partial charge in [0.05, 0.1) is 17.3 Å². The van der Waals surface area contributed by atoms with E-state index in [0.717, 1.165) is 23.0 Å². The topological polar surface area (TPSA) is 27.7 Å². The molecule has 0 spiro atoms. The predicted molar refractivity (Wildman–Crippen MR) is 109 cm³/mol. The normalized spacial score (nSPS) is 19.9. The van der Waals surface area contributed by atoms with Crippen LogP contribution in [0, 0.1) is 5.92 Å². The molecule has 1 atom stereocenters. The Morgan fingerprint density at radius 1 is 0.923 bits per heavy atom. The highest BCUT2D eigenvalue weighted by Crippen LogP contribution is 2.38. The summed E-state index contributed by atoms with van der Waals surface area (Å²) in [4.78, 5) is 0. The highest BCUT2D eigenvalue weighted by atomic mass is 16.7. The monoisotopic (exact) mass is 354 g/mol. The van der Waals surface area contributed by atoms with Gasteiger partial charge in [-0.1, -0.05) is 44.2 Å². The Bertz CT molecular complexity index is 766. The molecule has 4 heteroatoms. The van der Waals surface area contributed by atoms with Crippen LogP contribution < -0.4 is 10.2 Å². The zero-order valence-corrected chi connectivity index (χ0v) is 17.1. The van der Waals surface area contributed by atoms with Gasteiger partial charge in [-0.15, -0.1) is 0 Å². The summed E-state index contributed by atoms with van der Waals surface area (Å²) in [5.74, 6) is 1.45. The van der Waals surface area contributed by atoms with Crippen LogP contribution in [0.5, 0.6) is 5.75 Å². The van der Waals surface area contributed by atoms with Gasteiger partial charge in [-0.25, -0.2) is 0 Å². The molecule has 3 rings (SSSR count). The summed E-state index contributed by atoms with van der Waals surface area (Å²) in [6.07, 6.45) is 1.15. The quantitative estimate of drug-likeness (QED) is 0.711. The largest absolute Gasteiger partial charge is 0.499 e. The van der Waals surface area contributed by atoms with Crippen molar-refractivity contribution in [2.24, 2.45) is 5.92 Å². The number of ether oxygens (including phenoxy) is 1. The first-order valence-corrected chi connectivity index (χ1v) is 9.64. The zero-order valence-electron chi connectivity index (χ0n) is 17.1. The standard InChI is InChI=1S/C22H31BO3/c1-15(2)14-16(3)24-19-13-12-17-10-8-9-11-18(17)20(19)23-25-21(4,5)22(6,7)26-23/h8-13,15-16H,14H2,1-7H3. The van der Waals surface area contributed by atoms with E-state index < -0.39 is 7.12 Å². The minimum atomic E-state index is -0.438. The fraction of sp³-hybridized carbons (Fsp3) is 0.545. The van der Waals surface area contributed by atoms with Crippen molar-refractivity contribution in [2.45, 2.75) is 72.2 Å². The van der Waals surface area contributed by atoms with Crippen LogP contribution in [0.25, 0.3) is 10.8 Å². The highest BCUT2D eigenvalue weighted by molar-refractivity contribution is 6.66. The average Bonchev–Trinajstić information content (AvgIpc) is 2.73. The van der Waals surface area contributed by atoms with Gasteiger partial charge in [0.1, 0.15) is 5.75 Å². The van der Waals surface area contributed by atoms with E-state index >= 15 is 0 Å². The second-order valence-corrected chi connectivity index (χ2v) is 8.84. The molecule has 0 aromatic heterocycles. The molecule has 0 amide bonds. The predicted octanol–water partition coefficient (Wildman–Crippen LogP) is 4.95. The van der Waals surface area contributed by atoms with Crippen LogP contribution in [0.15, 0.2) is 36.4 Å². The summed E-state index contributed by atoms with van der Waals surface area (Å²) in [5, 5.41) is 2.29. The van der Waals surface area contributed by atoms with Crippen LogP contribution in [0.1, 0.15) is 54.9 Å². The van der Waals surface area contributed by atoms with Crippen molar-refractivity contribution in [2.75, 3.05) is 0 Å². The van der Waals surface area contributed by atoms with Crippen LogP contribution in [-0.4, -0.2) is 24.4 Å². The molecule has 0 bridgehead atoms. The van der Waals surface area contributed by atoms with Crippen molar-refractivity contribution < 1.29 is 14.0 Å². The maximum Gasteiger partial charge on any atom is 0.499 e. The molecule has 26 heavy (non-hydrogen) atoms. The minimum absolute atomic E-state index is 0.136. The molecular weight excluding hydrogens is 323 g/mol. The van der Waals surface area contributed by atoms with Gasteiger partial charge in [0.15, 0.2) is 0 Å². The van der Waals surface area contributed by atoms with E-state index in [1.54, 1.807) is 0 Å². The van der Waals surface area contributed by atoms with Gasteiger partial charge in [-0.05, 0) is 63.8 Å². The minimum Gasteiger partial charge on any atom is -0.491 e. The molecule has 1 aliphatic heterocycles. The van der Waals surface area contributed by atoms with E-state index in [1.807, 2.05) is 0 Å². The molecular formula is C22H31BO3. The summed E-state index contributed by atoms with van der Waals surface area (Å²) < 4.78 is 19.1. The molecule has 1 saturated heterocycles. The fourth-order valence-electron chi connectivity index (χ4n) is 3.51. The number of fused-ring (bicyclic) bond motifs is 1. The van der Waals surface area contributed by atoms with Crippen molar-refractivity contribution in [1.29, 1.82) is 0 Å². The van der Waals surface area contributed by atoms with E-state index in [-0.39, 0.29) is 17.3 Å². The molecule has 3 nitrogen and oxygen atoms in total. The van der Waals surface area contributed by atoms with Crippen LogP contribution in [0.2, 0.25) is 0 Å². The van der Waals surface area contributed by atoms with Gasteiger partial charge in [0.25, 0.3) is 0 Å². The maximum absolute atomic E-state index is 6.36. The van der Waals surface area contributed by atoms with E-state index in [2.05, 4.69) is 84.9 Å². The molecule has 0 radical (unpaired) electrons. The van der Waals surface area contributed by atoms with Gasteiger partial charge in [0.2, 0.25) is 0 Å². The number of benzene rings is 2. The smallest absolute Gasteiger partial charge is 0.491 e. The molecule has 2 aromatic rings. The molecule has 140 valence electrons. The molecule has 1 aliphatic rings. The Morgan fingerprint density at radius 2 is 1.54 bits per heavy atom. The lowest BCUT2D eigenvalue weighted by molar-refractivity contribution is 0.00578. The Hall–Kier alpha value is -1.52. The van der Waals surface area contributed by atoms with Crippen molar-refractivity contribution in [1.82, 2.24) is 0 Å². The van der Waals surface area contributed by atoms with Gasteiger partial charge < -0.3 is 14.0 Å². The van der Waals surface area contributed by atoms with Crippen molar-refractivity contribution >= 4 is 23.4 Å². The van der Waals surface area contributed by atoms with Gasteiger partial charge in [-0.3, -0.25) is 0 Å². The van der Waals surface area contributed by atoms with Gasteiger partial charge in [-0.2, -0.15) is 0 Å². The Kier molecular flexibility index (Phi) is 5.11. The molecule has 1 fully saturated rings. The van der Waals surface area contributed by atoms with Crippen LogP contribution in [0.3, 0.4) is 0 Å². The Balaban J connectivity index is 2.05. The third-order valence-electron chi connectivity index (χ3n) is 5.55. The lowest BCUT2D eigenvalue weighted by atomic mass is 9.75. The molecule has 1 heterocycles. The molecule has 2 aromatic carbocycles. The average molecular weight is 354 g/mol. The van der Waals surface area contributed by atoms with Crippen molar-refractivity contribution in [3.8, 4) is 5.75 Å². The van der Waals surface area contributed by atoms with Crippen LogP contribution in [-0.2, 0) is 9.31 Å². The fourth-order valence-corrected chi connectivity index (χ4v) is 3.51. The first-order chi connectivity index (χ1) is 12.1. The first kappa shape index (κ1) is 19.3. The van der Waals surface area contributed by atoms with E-state index in [1.165, 1.54) is 5.39 Å². The number of rotatable bonds is 5. The summed E-state index contributed by atoms with van der Waals surface area (Å²) in [5.41, 5.74) is 0.238. The van der Waals surface area contributed by atoms with Crippen LogP contribution >= 0.6 is 0 Å². The van der Waals surface area contributed by atoms with E-state index in [9.17, 15) is 0 Å². The summed E-state index contributed by atoms with van der Waals surface area (Å²) in [6.45, 7) is 14.9. The molecule has 0 aliphatic carbocycles. The number of hydrogen-bond acceptors (Lipinski definition) is 3. The molecule has 1 unspecified atom stereocenters. The molecule has 0 saturated carbocycles. The molecule has 0 N–H and O–H groups in total. The summed E-state index contributed by atoms with van der Waals surface area (Å²) in [7, 11) is -0.438. The van der Waals surface area contributed by atoms with Crippen molar-refractivity contribution in [3.05, 3.63) is 36.4 Å². The second-order valence-electron chi connectivity index (χ2n) is 8.84. The SMILES string of the molecule is CC(C)CC(C)Oc1ccc2ccccc2c1B1OC(C)(C)C(C)(C)O1. The lowest BCUT2D eigenvalue weighted by Gasteiger charge is -2.32. The van der Waals surface area contributed by atoms with Crippen LogP contribution in [0.4, 0.5) is 0 Å². The van der Waals surface area contributed by atoms with Gasteiger partial charge >= 0.3 is 7.12 Å². The summed E-state index contributed by atoms with van der Waals surface area (Å²) >= 11 is 0. The van der Waals surface area contributed by atoms with Gasteiger partial charge in [0, 0.05) is 5.46 Å². The van der Waals surface area contributed by atoms with E-state index in [0.29, 0.717) is 5.92 Å². The Labute approximate surface area is 158 Å². The summed E-state index contributed by atoms with van der Waals surface area (Å²) in [6, 6.07) is 12.5. The first-order valence-electron chi connectivity index (χ1n) is 9.64. The third-order valence-corrected chi connectivity index (χ3v) is 5.55. The maximum atomic E-state index is 6.36. The third kappa shape index (κ3) is 3.63. The Morgan fingerprint density at radius 3 is 2.15 bits per heavy atom. The lowest BCUT2D eigenvalue weighted by Crippen LogP contribution is -2.41. The van der Waals surface area contributed by atoms with E-state index in [4.69, 9.17) is 14.0 Å². The second kappa shape index (κ2) is 6.90. The number of hydrogen-bond donors (Lipinski definition) is 0. The zero-order chi connectivity index (χ0) is 19.1.